The van der Waals surface area contributed by atoms with Crippen LogP contribution in [0.5, 0.6) is 11.5 Å². The van der Waals surface area contributed by atoms with E-state index in [0.29, 0.717) is 23.7 Å². The van der Waals surface area contributed by atoms with E-state index in [1.165, 1.54) is 6.08 Å². The van der Waals surface area contributed by atoms with E-state index < -0.39 is 11.1 Å². The summed E-state index contributed by atoms with van der Waals surface area (Å²) in [4.78, 5) is 28.9. The van der Waals surface area contributed by atoms with Crippen LogP contribution in [0.4, 0.5) is 0 Å². The Labute approximate surface area is 149 Å². The minimum Gasteiger partial charge on any atom is -0.493 e. The van der Waals surface area contributed by atoms with Crippen LogP contribution in [0.3, 0.4) is 0 Å². The normalized spacial score (nSPS) is 10.3. The maximum atomic E-state index is 12.0. The summed E-state index contributed by atoms with van der Waals surface area (Å²) in [5.74, 6) is 1.08. The van der Waals surface area contributed by atoms with Crippen molar-refractivity contribution in [2.24, 2.45) is 0 Å². The second-order valence-electron chi connectivity index (χ2n) is 5.63. The third-order valence-electron chi connectivity index (χ3n) is 3.75. The van der Waals surface area contributed by atoms with Crippen molar-refractivity contribution in [2.75, 3.05) is 7.11 Å². The first-order chi connectivity index (χ1) is 12.6. The molecule has 26 heavy (non-hydrogen) atoms. The summed E-state index contributed by atoms with van der Waals surface area (Å²) < 4.78 is 11.2. The van der Waals surface area contributed by atoms with Crippen LogP contribution in [0.25, 0.3) is 12.7 Å². The molecule has 6 nitrogen and oxygen atoms in total. The zero-order chi connectivity index (χ0) is 18.5. The molecule has 0 radical (unpaired) electrons. The molecule has 0 saturated carbocycles. The Bertz CT molecular complexity index is 1090. The lowest BCUT2D eigenvalue weighted by molar-refractivity contribution is 0.284. The number of H-pyrrole nitrogens is 2. The molecule has 0 aliphatic carbocycles. The highest BCUT2D eigenvalue weighted by Crippen LogP contribution is 2.29. The van der Waals surface area contributed by atoms with Gasteiger partial charge in [-0.05, 0) is 29.3 Å². The number of ether oxygens (including phenoxy) is 2. The maximum absolute atomic E-state index is 12.0. The number of hydrogen-bond donors (Lipinski definition) is 2. The average Bonchev–Trinajstić information content (AvgIpc) is 2.64. The fraction of sp³-hybridized carbons (Fsp3) is 0.100. The van der Waals surface area contributed by atoms with E-state index >= 15 is 0 Å². The molecule has 132 valence electrons. The summed E-state index contributed by atoms with van der Waals surface area (Å²) in [5, 5.41) is -0.00317. The highest BCUT2D eigenvalue weighted by molar-refractivity contribution is 5.55. The molecule has 6 heteroatoms. The minimum absolute atomic E-state index is 0.00317. The van der Waals surface area contributed by atoms with Crippen LogP contribution in [-0.4, -0.2) is 17.1 Å². The van der Waals surface area contributed by atoms with E-state index in [-0.39, 0.29) is 10.7 Å². The molecule has 3 rings (SSSR count). The van der Waals surface area contributed by atoms with Crippen LogP contribution in [-0.2, 0) is 6.61 Å². The van der Waals surface area contributed by atoms with Crippen molar-refractivity contribution in [3.05, 3.63) is 91.1 Å². The quantitative estimate of drug-likeness (QED) is 0.716. The van der Waals surface area contributed by atoms with Gasteiger partial charge < -0.3 is 19.4 Å². The van der Waals surface area contributed by atoms with Gasteiger partial charge in [0.2, 0.25) is 0 Å². The summed E-state index contributed by atoms with van der Waals surface area (Å²) in [6.45, 7) is 3.89. The van der Waals surface area contributed by atoms with Gasteiger partial charge in [-0.2, -0.15) is 0 Å². The lowest BCUT2D eigenvalue weighted by atomic mass is 10.1. The molecule has 1 aromatic heterocycles. The third-order valence-corrected chi connectivity index (χ3v) is 3.75. The Morgan fingerprint density at radius 1 is 1.00 bits per heavy atom. The van der Waals surface area contributed by atoms with E-state index in [4.69, 9.17) is 9.47 Å². The molecule has 0 unspecified atom stereocenters. The Morgan fingerprint density at radius 3 is 2.35 bits per heavy atom. The zero-order valence-corrected chi connectivity index (χ0v) is 14.2. The Balaban J connectivity index is 1.98. The first-order valence-electron chi connectivity index (χ1n) is 7.95. The van der Waals surface area contributed by atoms with Crippen LogP contribution < -0.4 is 31.3 Å². The molecule has 0 fully saturated rings. The van der Waals surface area contributed by atoms with Crippen molar-refractivity contribution in [2.45, 2.75) is 6.61 Å². The van der Waals surface area contributed by atoms with Crippen molar-refractivity contribution in [3.8, 4) is 11.5 Å². The van der Waals surface area contributed by atoms with Gasteiger partial charge in [-0.3, -0.25) is 9.59 Å². The lowest BCUT2D eigenvalue weighted by Crippen LogP contribution is -2.47. The highest BCUT2D eigenvalue weighted by atomic mass is 16.5. The SMILES string of the molecule is C=c1[nH]c(=O)c(=Cc2ccc(OC)c(OCc3ccccc3)c2)c(=O)[nH]1. The van der Waals surface area contributed by atoms with Crippen molar-refractivity contribution in [1.82, 2.24) is 9.97 Å². The predicted octanol–water partition coefficient (Wildman–Crippen LogP) is 0.890. The zero-order valence-electron chi connectivity index (χ0n) is 14.2. The molecule has 0 bridgehead atoms. The van der Waals surface area contributed by atoms with Gasteiger partial charge in [0.15, 0.2) is 11.5 Å². The Hall–Kier alpha value is -3.54. The molecule has 0 aliphatic heterocycles. The first-order valence-corrected chi connectivity index (χ1v) is 7.95. The topological polar surface area (TPSA) is 84.2 Å². The summed E-state index contributed by atoms with van der Waals surface area (Å²) in [7, 11) is 1.55. The third kappa shape index (κ3) is 3.92. The number of hydrogen-bond acceptors (Lipinski definition) is 4. The predicted molar refractivity (Wildman–Crippen MR) is 99.8 cm³/mol. The molecule has 0 atom stereocenters. The molecule has 2 N–H and O–H groups in total. The smallest absolute Gasteiger partial charge is 0.262 e. The van der Waals surface area contributed by atoms with Crippen LogP contribution in [0.15, 0.2) is 58.1 Å². The number of aromatic amines is 2. The standard InChI is InChI=1S/C20H18N2O4/c1-13-21-19(23)16(20(24)22-13)10-15-8-9-17(25-2)18(11-15)26-12-14-6-4-3-5-7-14/h3-11H,1,12H2,2H3,(H,21,23)(H,22,24). The van der Waals surface area contributed by atoms with Crippen LogP contribution in [0.1, 0.15) is 11.1 Å². The number of benzene rings is 2. The van der Waals surface area contributed by atoms with Gasteiger partial charge in [-0.15, -0.1) is 0 Å². The number of nitrogens with one attached hydrogen (secondary N) is 2. The molecule has 1 heterocycles. The van der Waals surface area contributed by atoms with Crippen molar-refractivity contribution in [1.29, 1.82) is 0 Å². The largest absolute Gasteiger partial charge is 0.493 e. The summed E-state index contributed by atoms with van der Waals surface area (Å²) in [6, 6.07) is 14.9. The van der Waals surface area contributed by atoms with Crippen LogP contribution in [0, 0.1) is 0 Å². The van der Waals surface area contributed by atoms with Gasteiger partial charge in [0, 0.05) is 0 Å². The van der Waals surface area contributed by atoms with E-state index in [1.54, 1.807) is 25.3 Å². The maximum Gasteiger partial charge on any atom is 0.262 e. The second kappa shape index (κ2) is 7.57. The number of aromatic nitrogens is 2. The lowest BCUT2D eigenvalue weighted by Gasteiger charge is -2.11. The second-order valence-corrected chi connectivity index (χ2v) is 5.63. The summed E-state index contributed by atoms with van der Waals surface area (Å²) in [6.07, 6.45) is 1.49. The van der Waals surface area contributed by atoms with E-state index in [2.05, 4.69) is 16.5 Å². The fourth-order valence-corrected chi connectivity index (χ4v) is 2.47. The van der Waals surface area contributed by atoms with Gasteiger partial charge in [-0.25, -0.2) is 0 Å². The minimum atomic E-state index is -0.499. The van der Waals surface area contributed by atoms with Crippen molar-refractivity contribution in [3.63, 3.8) is 0 Å². The molecular weight excluding hydrogens is 332 g/mol. The summed E-state index contributed by atoms with van der Waals surface area (Å²) in [5.41, 5.74) is 0.825. The van der Waals surface area contributed by atoms with Gasteiger partial charge in [0.25, 0.3) is 11.1 Å². The molecule has 0 aliphatic rings. The van der Waals surface area contributed by atoms with Gasteiger partial charge in [-0.1, -0.05) is 43.0 Å². The van der Waals surface area contributed by atoms with Crippen LogP contribution >= 0.6 is 0 Å². The van der Waals surface area contributed by atoms with Crippen LogP contribution in [0.2, 0.25) is 0 Å². The highest BCUT2D eigenvalue weighted by Gasteiger charge is 2.06. The van der Waals surface area contributed by atoms with Crippen molar-refractivity contribution < 1.29 is 9.47 Å². The summed E-state index contributed by atoms with van der Waals surface area (Å²) >= 11 is 0. The monoisotopic (exact) mass is 350 g/mol. The molecule has 3 aromatic rings. The van der Waals surface area contributed by atoms with Crippen molar-refractivity contribution >= 4 is 12.7 Å². The van der Waals surface area contributed by atoms with E-state index in [0.717, 1.165) is 5.56 Å². The molecule has 0 amide bonds. The van der Waals surface area contributed by atoms with E-state index in [1.807, 2.05) is 30.3 Å². The Morgan fingerprint density at radius 2 is 1.69 bits per heavy atom. The van der Waals surface area contributed by atoms with Gasteiger partial charge in [0.05, 0.1) is 7.11 Å². The number of rotatable bonds is 5. The number of methoxy groups -OCH3 is 1. The first kappa shape index (κ1) is 17.3. The molecule has 0 spiro atoms. The molecule has 2 aromatic carbocycles. The molecular formula is C20H18N2O4. The van der Waals surface area contributed by atoms with Gasteiger partial charge in [0.1, 0.15) is 17.3 Å². The van der Waals surface area contributed by atoms with E-state index in [9.17, 15) is 9.59 Å². The Kier molecular flexibility index (Phi) is 5.03. The average molecular weight is 350 g/mol. The van der Waals surface area contributed by atoms with Gasteiger partial charge >= 0.3 is 0 Å². The fourth-order valence-electron chi connectivity index (χ4n) is 2.47. The molecule has 0 saturated heterocycles.